The van der Waals surface area contributed by atoms with E-state index in [1.165, 1.54) is 25.2 Å². The molecule has 148 valence electrons. The van der Waals surface area contributed by atoms with Crippen molar-refractivity contribution >= 4 is 23.4 Å². The number of benzene rings is 1. The van der Waals surface area contributed by atoms with Crippen LogP contribution in [-0.2, 0) is 4.74 Å². The fourth-order valence-corrected chi connectivity index (χ4v) is 3.31. The van der Waals surface area contributed by atoms with Gasteiger partial charge in [-0.2, -0.15) is 0 Å². The molecular weight excluding hydrogens is 356 g/mol. The zero-order valence-corrected chi connectivity index (χ0v) is 16.1. The van der Waals surface area contributed by atoms with Gasteiger partial charge in [-0.3, -0.25) is 4.79 Å². The Balaban J connectivity index is 1.65. The second kappa shape index (κ2) is 9.82. The van der Waals surface area contributed by atoms with E-state index in [9.17, 15) is 9.59 Å². The van der Waals surface area contributed by atoms with Gasteiger partial charge in [-0.05, 0) is 31.9 Å². The van der Waals surface area contributed by atoms with E-state index in [-0.39, 0.29) is 17.6 Å². The molecule has 0 aliphatic heterocycles. The van der Waals surface area contributed by atoms with Crippen molar-refractivity contribution in [2.45, 2.75) is 51.5 Å². The minimum absolute atomic E-state index is 0.196. The highest BCUT2D eigenvalue weighted by atomic mass is 16.5. The molecule has 1 saturated carbocycles. The van der Waals surface area contributed by atoms with Crippen molar-refractivity contribution in [3.8, 4) is 0 Å². The summed E-state index contributed by atoms with van der Waals surface area (Å²) in [5.74, 6) is -0.154. The van der Waals surface area contributed by atoms with Crippen molar-refractivity contribution in [3.63, 3.8) is 0 Å². The molecule has 1 fully saturated rings. The van der Waals surface area contributed by atoms with Crippen LogP contribution in [0.5, 0.6) is 0 Å². The van der Waals surface area contributed by atoms with E-state index in [1.54, 1.807) is 25.1 Å². The number of carbonyl (C=O) groups excluding carboxylic acids is 2. The normalized spacial score (nSPS) is 14.8. The van der Waals surface area contributed by atoms with Gasteiger partial charge < -0.3 is 15.4 Å². The number of amides is 1. The first-order chi connectivity index (χ1) is 13.7. The third-order valence-corrected chi connectivity index (χ3v) is 4.76. The molecule has 2 aromatic rings. The number of aromatic nitrogens is 2. The summed E-state index contributed by atoms with van der Waals surface area (Å²) in [5, 5.41) is 6.12. The van der Waals surface area contributed by atoms with E-state index < -0.39 is 5.97 Å². The van der Waals surface area contributed by atoms with Crippen LogP contribution in [0.25, 0.3) is 0 Å². The lowest BCUT2D eigenvalue weighted by atomic mass is 10.1. The molecule has 0 unspecified atom stereocenters. The molecule has 1 aromatic heterocycles. The Morgan fingerprint density at radius 3 is 2.50 bits per heavy atom. The van der Waals surface area contributed by atoms with E-state index in [0.29, 0.717) is 23.7 Å². The maximum absolute atomic E-state index is 12.4. The predicted octanol–water partition coefficient (Wildman–Crippen LogP) is 3.85. The van der Waals surface area contributed by atoms with Crippen molar-refractivity contribution in [1.82, 2.24) is 15.3 Å². The SMILES string of the molecule is CCOC(=O)c1ccccc1Nc1cnc(C(=O)NC2CCCCCC2)cn1. The first kappa shape index (κ1) is 19.8. The highest BCUT2D eigenvalue weighted by molar-refractivity contribution is 5.96. The van der Waals surface area contributed by atoms with Gasteiger partial charge in [0.15, 0.2) is 0 Å². The Hall–Kier alpha value is -2.96. The predicted molar refractivity (Wildman–Crippen MR) is 107 cm³/mol. The first-order valence-corrected chi connectivity index (χ1v) is 9.83. The summed E-state index contributed by atoms with van der Waals surface area (Å²) in [6, 6.07) is 7.24. The number of rotatable bonds is 6. The number of hydrogen-bond donors (Lipinski definition) is 2. The summed E-state index contributed by atoms with van der Waals surface area (Å²) in [4.78, 5) is 33.0. The van der Waals surface area contributed by atoms with Crippen LogP contribution in [0.2, 0.25) is 0 Å². The number of nitrogens with zero attached hydrogens (tertiary/aromatic N) is 2. The van der Waals surface area contributed by atoms with Crippen LogP contribution >= 0.6 is 0 Å². The standard InChI is InChI=1S/C21H26N4O3/c1-2-28-21(27)16-11-7-8-12-17(16)25-19-14-22-18(13-23-19)20(26)24-15-9-5-3-4-6-10-15/h7-8,11-15H,2-6,9-10H2,1H3,(H,23,25)(H,24,26). The largest absolute Gasteiger partial charge is 0.462 e. The topological polar surface area (TPSA) is 93.2 Å². The van der Waals surface area contributed by atoms with E-state index in [2.05, 4.69) is 20.6 Å². The van der Waals surface area contributed by atoms with Gasteiger partial charge in [0.2, 0.25) is 0 Å². The van der Waals surface area contributed by atoms with Gasteiger partial charge in [0.1, 0.15) is 11.5 Å². The average Bonchev–Trinajstić information content (AvgIpc) is 2.98. The maximum Gasteiger partial charge on any atom is 0.340 e. The second-order valence-corrected chi connectivity index (χ2v) is 6.84. The molecular formula is C21H26N4O3. The van der Waals surface area contributed by atoms with Crippen molar-refractivity contribution < 1.29 is 14.3 Å². The zero-order valence-electron chi connectivity index (χ0n) is 16.1. The lowest BCUT2D eigenvalue weighted by Gasteiger charge is -2.15. The smallest absolute Gasteiger partial charge is 0.340 e. The summed E-state index contributed by atoms with van der Waals surface area (Å²) in [5.41, 5.74) is 1.28. The Kier molecular flexibility index (Phi) is 6.94. The lowest BCUT2D eigenvalue weighted by Crippen LogP contribution is -2.34. The highest BCUT2D eigenvalue weighted by Gasteiger charge is 2.17. The third-order valence-electron chi connectivity index (χ3n) is 4.76. The monoisotopic (exact) mass is 382 g/mol. The second-order valence-electron chi connectivity index (χ2n) is 6.84. The molecule has 7 nitrogen and oxygen atoms in total. The molecule has 0 radical (unpaired) electrons. The minimum Gasteiger partial charge on any atom is -0.462 e. The summed E-state index contributed by atoms with van der Waals surface area (Å²) >= 11 is 0. The molecule has 0 bridgehead atoms. The Morgan fingerprint density at radius 2 is 1.82 bits per heavy atom. The van der Waals surface area contributed by atoms with Crippen LogP contribution in [0.3, 0.4) is 0 Å². The molecule has 0 spiro atoms. The fourth-order valence-electron chi connectivity index (χ4n) is 3.31. The van der Waals surface area contributed by atoms with E-state index >= 15 is 0 Å². The van der Waals surface area contributed by atoms with Crippen LogP contribution < -0.4 is 10.6 Å². The molecule has 1 aliphatic carbocycles. The molecule has 1 amide bonds. The Morgan fingerprint density at radius 1 is 1.07 bits per heavy atom. The molecule has 0 saturated heterocycles. The number of hydrogen-bond acceptors (Lipinski definition) is 6. The Labute approximate surface area is 164 Å². The first-order valence-electron chi connectivity index (χ1n) is 9.83. The van der Waals surface area contributed by atoms with Gasteiger partial charge in [-0.25, -0.2) is 14.8 Å². The summed E-state index contributed by atoms with van der Waals surface area (Å²) in [6.07, 6.45) is 9.75. The number of nitrogens with one attached hydrogen (secondary N) is 2. The molecule has 1 aliphatic rings. The van der Waals surface area contributed by atoms with Crippen LogP contribution in [0.15, 0.2) is 36.7 Å². The summed E-state index contributed by atoms with van der Waals surface area (Å²) in [7, 11) is 0. The molecule has 1 heterocycles. The average molecular weight is 382 g/mol. The van der Waals surface area contributed by atoms with Crippen LogP contribution in [0.4, 0.5) is 11.5 Å². The zero-order chi connectivity index (χ0) is 19.8. The molecule has 2 N–H and O–H groups in total. The maximum atomic E-state index is 12.4. The van der Waals surface area contributed by atoms with Crippen LogP contribution in [0.1, 0.15) is 66.3 Å². The van der Waals surface area contributed by atoms with Crippen molar-refractivity contribution in [3.05, 3.63) is 47.9 Å². The van der Waals surface area contributed by atoms with E-state index in [1.807, 2.05) is 6.07 Å². The van der Waals surface area contributed by atoms with Gasteiger partial charge in [0.25, 0.3) is 5.91 Å². The molecule has 3 rings (SSSR count). The summed E-state index contributed by atoms with van der Waals surface area (Å²) in [6.45, 7) is 2.07. The lowest BCUT2D eigenvalue weighted by molar-refractivity contribution is 0.0527. The number of carbonyl (C=O) groups is 2. The molecule has 7 heteroatoms. The number of para-hydroxylation sites is 1. The van der Waals surface area contributed by atoms with Gasteiger partial charge in [-0.15, -0.1) is 0 Å². The summed E-state index contributed by atoms with van der Waals surface area (Å²) < 4.78 is 5.07. The molecule has 0 atom stereocenters. The van der Waals surface area contributed by atoms with Gasteiger partial charge in [-0.1, -0.05) is 37.8 Å². The molecule has 1 aromatic carbocycles. The minimum atomic E-state index is -0.405. The number of esters is 1. The van der Waals surface area contributed by atoms with Gasteiger partial charge >= 0.3 is 5.97 Å². The Bertz CT molecular complexity index is 800. The van der Waals surface area contributed by atoms with Gasteiger partial charge in [0, 0.05) is 6.04 Å². The van der Waals surface area contributed by atoms with E-state index in [4.69, 9.17) is 4.74 Å². The van der Waals surface area contributed by atoms with Crippen LogP contribution in [0, 0.1) is 0 Å². The third kappa shape index (κ3) is 5.28. The quantitative estimate of drug-likeness (QED) is 0.582. The highest BCUT2D eigenvalue weighted by Crippen LogP contribution is 2.20. The van der Waals surface area contributed by atoms with E-state index in [0.717, 1.165) is 25.7 Å². The van der Waals surface area contributed by atoms with Crippen molar-refractivity contribution in [1.29, 1.82) is 0 Å². The number of anilines is 2. The van der Waals surface area contributed by atoms with Crippen molar-refractivity contribution in [2.75, 3.05) is 11.9 Å². The fraction of sp³-hybridized carbons (Fsp3) is 0.429. The molecule has 28 heavy (non-hydrogen) atoms. The number of ether oxygens (including phenoxy) is 1. The van der Waals surface area contributed by atoms with Crippen LogP contribution in [-0.4, -0.2) is 34.5 Å². The van der Waals surface area contributed by atoms with Crippen molar-refractivity contribution in [2.24, 2.45) is 0 Å². The van der Waals surface area contributed by atoms with Gasteiger partial charge in [0.05, 0.1) is 30.3 Å².